The predicted octanol–water partition coefficient (Wildman–Crippen LogP) is 14.1. The summed E-state index contributed by atoms with van der Waals surface area (Å²) in [5, 5.41) is 27.2. The molecule has 0 radical (unpaired) electrons. The molecule has 4 heteroatoms. The zero-order valence-corrected chi connectivity index (χ0v) is 31.6. The van der Waals surface area contributed by atoms with E-state index in [1.807, 2.05) is 36.4 Å². The Hall–Kier alpha value is -6.62. The van der Waals surface area contributed by atoms with Crippen molar-refractivity contribution < 1.29 is 0 Å². The van der Waals surface area contributed by atoms with E-state index in [2.05, 4.69) is 161 Å². The summed E-state index contributed by atoms with van der Waals surface area (Å²) in [5.74, 6) is 0.499. The number of benzene rings is 8. The van der Waals surface area contributed by atoms with Crippen LogP contribution in [0.2, 0.25) is 0 Å². The van der Waals surface area contributed by atoms with Gasteiger partial charge in [-0.2, -0.15) is 10.5 Å². The molecule has 0 saturated carbocycles. The molecular weight excluding hydrogens is 657 g/mol. The average Bonchev–Trinajstić information content (AvgIpc) is 3.17. The number of hydrogen-bond donors (Lipinski definition) is 0. The third-order valence-electron chi connectivity index (χ3n) is 10.6. The van der Waals surface area contributed by atoms with Gasteiger partial charge in [-0.05, 0) is 142 Å². The van der Waals surface area contributed by atoms with Gasteiger partial charge in [-0.25, -0.2) is 0 Å². The van der Waals surface area contributed by atoms with Crippen LogP contribution in [-0.2, 0) is 0 Å². The van der Waals surface area contributed by atoms with Crippen LogP contribution < -0.4 is 9.80 Å². The van der Waals surface area contributed by atoms with E-state index in [-0.39, 0.29) is 11.8 Å². The standard InChI is InChI=1S/C50H42N4/c1-31(2)45-27-47(53(37-15-7-11-33(5)23-37)39-17-9-13-35(25-39)29-51)43-22-20-42-46(32(3)4)28-48(44-21-19-41(45)49(43)50(42)44)54(38-16-8-12-34(6)24-38)40-18-10-14-36(26-40)30-52/h7-28,31-32H,1-6H3. The Morgan fingerprint density at radius 1 is 0.426 bits per heavy atom. The van der Waals surface area contributed by atoms with Crippen LogP contribution in [0.1, 0.15) is 72.9 Å². The Morgan fingerprint density at radius 3 is 1.13 bits per heavy atom. The average molecular weight is 699 g/mol. The molecule has 0 aliphatic rings. The van der Waals surface area contributed by atoms with Gasteiger partial charge < -0.3 is 9.80 Å². The third kappa shape index (κ3) is 5.87. The molecule has 0 aromatic heterocycles. The minimum atomic E-state index is 0.250. The van der Waals surface area contributed by atoms with E-state index in [1.54, 1.807) is 0 Å². The first kappa shape index (κ1) is 34.5. The van der Waals surface area contributed by atoms with Gasteiger partial charge in [-0.3, -0.25) is 0 Å². The summed E-state index contributed by atoms with van der Waals surface area (Å²) in [6, 6.07) is 51.7. The van der Waals surface area contributed by atoms with Gasteiger partial charge in [0.1, 0.15) is 0 Å². The van der Waals surface area contributed by atoms with Crippen molar-refractivity contribution in [3.63, 3.8) is 0 Å². The van der Waals surface area contributed by atoms with Gasteiger partial charge >= 0.3 is 0 Å². The molecule has 0 saturated heterocycles. The maximum atomic E-state index is 9.97. The normalized spacial score (nSPS) is 11.4. The Kier molecular flexibility index (Phi) is 8.77. The highest BCUT2D eigenvalue weighted by atomic mass is 15.1. The highest BCUT2D eigenvalue weighted by molar-refractivity contribution is 6.29. The zero-order chi connectivity index (χ0) is 37.7. The van der Waals surface area contributed by atoms with E-state index < -0.39 is 0 Å². The molecule has 0 fully saturated rings. The molecule has 0 amide bonds. The lowest BCUT2D eigenvalue weighted by atomic mass is 9.84. The molecule has 0 aliphatic carbocycles. The largest absolute Gasteiger partial charge is 0.310 e. The van der Waals surface area contributed by atoms with Crippen molar-refractivity contribution in [1.82, 2.24) is 0 Å². The molecule has 8 aromatic carbocycles. The Balaban J connectivity index is 1.53. The Morgan fingerprint density at radius 2 is 0.778 bits per heavy atom. The number of hydrogen-bond acceptors (Lipinski definition) is 4. The summed E-state index contributed by atoms with van der Waals surface area (Å²) in [5.41, 5.74) is 12.2. The lowest BCUT2D eigenvalue weighted by Gasteiger charge is -2.31. The first-order chi connectivity index (χ1) is 26.2. The van der Waals surface area contributed by atoms with Crippen molar-refractivity contribution in [1.29, 1.82) is 10.5 Å². The molecule has 0 unspecified atom stereocenters. The molecule has 54 heavy (non-hydrogen) atoms. The van der Waals surface area contributed by atoms with E-state index in [4.69, 9.17) is 0 Å². The van der Waals surface area contributed by atoms with Crippen LogP contribution in [0.5, 0.6) is 0 Å². The van der Waals surface area contributed by atoms with Gasteiger partial charge in [0.2, 0.25) is 0 Å². The van der Waals surface area contributed by atoms with Gasteiger partial charge in [-0.1, -0.05) is 88.4 Å². The minimum absolute atomic E-state index is 0.250. The number of nitrogens with zero attached hydrogens (tertiary/aromatic N) is 4. The van der Waals surface area contributed by atoms with Crippen molar-refractivity contribution in [3.8, 4) is 12.1 Å². The summed E-state index contributed by atoms with van der Waals surface area (Å²) in [7, 11) is 0. The lowest BCUT2D eigenvalue weighted by molar-refractivity contribution is 0.875. The monoisotopic (exact) mass is 698 g/mol. The van der Waals surface area contributed by atoms with Crippen LogP contribution in [0.15, 0.2) is 133 Å². The maximum Gasteiger partial charge on any atom is 0.0992 e. The molecule has 0 atom stereocenters. The lowest BCUT2D eigenvalue weighted by Crippen LogP contribution is -2.13. The molecule has 0 aliphatic heterocycles. The molecule has 0 spiro atoms. The van der Waals surface area contributed by atoms with Crippen LogP contribution in [-0.4, -0.2) is 0 Å². The molecule has 8 aromatic rings. The van der Waals surface area contributed by atoms with Crippen molar-refractivity contribution in [2.75, 3.05) is 9.80 Å². The van der Waals surface area contributed by atoms with Gasteiger partial charge in [0.15, 0.2) is 0 Å². The Bertz CT molecular complexity index is 2600. The fourth-order valence-electron chi connectivity index (χ4n) is 8.15. The maximum absolute atomic E-state index is 9.97. The van der Waals surface area contributed by atoms with Gasteiger partial charge in [0.25, 0.3) is 0 Å². The quantitative estimate of drug-likeness (QED) is 0.148. The molecular formula is C50H42N4. The van der Waals surface area contributed by atoms with E-state index in [1.165, 1.54) is 43.8 Å². The predicted molar refractivity (Wildman–Crippen MR) is 227 cm³/mol. The summed E-state index contributed by atoms with van der Waals surface area (Å²) in [4.78, 5) is 4.64. The second kappa shape index (κ2) is 13.7. The van der Waals surface area contributed by atoms with Gasteiger partial charge in [0.05, 0.1) is 34.6 Å². The highest BCUT2D eigenvalue weighted by Gasteiger charge is 2.26. The summed E-state index contributed by atoms with van der Waals surface area (Å²) >= 11 is 0. The second-order valence-electron chi connectivity index (χ2n) is 15.0. The molecule has 262 valence electrons. The van der Waals surface area contributed by atoms with Crippen LogP contribution in [0, 0.1) is 36.5 Å². The third-order valence-corrected chi connectivity index (χ3v) is 10.6. The fourth-order valence-corrected chi connectivity index (χ4v) is 8.15. The van der Waals surface area contributed by atoms with Crippen LogP contribution in [0.3, 0.4) is 0 Å². The van der Waals surface area contributed by atoms with E-state index in [9.17, 15) is 10.5 Å². The van der Waals surface area contributed by atoms with Gasteiger partial charge in [0, 0.05) is 33.5 Å². The first-order valence-corrected chi connectivity index (χ1v) is 18.7. The number of rotatable bonds is 8. The van der Waals surface area contributed by atoms with Crippen LogP contribution in [0.25, 0.3) is 32.3 Å². The minimum Gasteiger partial charge on any atom is -0.310 e. The van der Waals surface area contributed by atoms with Crippen LogP contribution >= 0.6 is 0 Å². The molecule has 8 rings (SSSR count). The van der Waals surface area contributed by atoms with Crippen molar-refractivity contribution in [2.24, 2.45) is 0 Å². The van der Waals surface area contributed by atoms with Gasteiger partial charge in [-0.15, -0.1) is 0 Å². The number of anilines is 6. The SMILES string of the molecule is Cc1cccc(N(c2cccc(C#N)c2)c2cc(C(C)C)c3ccc4c(N(c5cccc(C)c5)c5cccc(C#N)c5)cc(C(C)C)c5ccc2c3c54)c1. The zero-order valence-electron chi connectivity index (χ0n) is 31.6. The van der Waals surface area contributed by atoms with E-state index in [0.29, 0.717) is 11.1 Å². The number of nitriles is 2. The van der Waals surface area contributed by atoms with E-state index >= 15 is 0 Å². The Labute approximate surface area is 318 Å². The molecule has 4 nitrogen and oxygen atoms in total. The van der Waals surface area contributed by atoms with Crippen molar-refractivity contribution in [2.45, 2.75) is 53.4 Å². The fraction of sp³-hybridized carbons (Fsp3) is 0.160. The molecule has 0 N–H and O–H groups in total. The first-order valence-electron chi connectivity index (χ1n) is 18.7. The summed E-state index contributed by atoms with van der Waals surface area (Å²) in [6.07, 6.45) is 0. The van der Waals surface area contributed by atoms with Crippen molar-refractivity contribution >= 4 is 66.4 Å². The van der Waals surface area contributed by atoms with Crippen LogP contribution in [0.4, 0.5) is 34.1 Å². The second-order valence-corrected chi connectivity index (χ2v) is 15.0. The van der Waals surface area contributed by atoms with E-state index in [0.717, 1.165) is 44.9 Å². The highest BCUT2D eigenvalue weighted by Crippen LogP contribution is 2.51. The molecule has 0 bridgehead atoms. The van der Waals surface area contributed by atoms with Crippen molar-refractivity contribution in [3.05, 3.63) is 167 Å². The number of aryl methyl sites for hydroxylation is 2. The molecule has 0 heterocycles. The smallest absolute Gasteiger partial charge is 0.0992 e. The summed E-state index contributed by atoms with van der Waals surface area (Å²) in [6.45, 7) is 13.3. The topological polar surface area (TPSA) is 54.1 Å². The summed E-state index contributed by atoms with van der Waals surface area (Å²) < 4.78 is 0.